The van der Waals surface area contributed by atoms with Crippen LogP contribution < -0.4 is 16.7 Å². The maximum Gasteiger partial charge on any atom is 0.404 e. The fourth-order valence-electron chi connectivity index (χ4n) is 5.25. The van der Waals surface area contributed by atoms with Crippen LogP contribution in [0.1, 0.15) is 49.2 Å². The van der Waals surface area contributed by atoms with Crippen LogP contribution in [-0.4, -0.2) is 64.4 Å². The molecule has 2 aromatic carbocycles. The molecule has 6 N–H and O–H groups in total. The number of phenolic OH excluding ortho intramolecular Hbond substituents is 1. The molecule has 1 aromatic heterocycles. The molecule has 1 aliphatic rings. The fourth-order valence-corrected chi connectivity index (χ4v) is 5.25. The molecule has 12 nitrogen and oxygen atoms in total. The highest BCUT2D eigenvalue weighted by Gasteiger charge is 2.51. The maximum atomic E-state index is 13.0. The van der Waals surface area contributed by atoms with Gasteiger partial charge >= 0.3 is 11.7 Å². The number of primary amides is 1. The predicted octanol–water partition coefficient (Wildman–Crippen LogP) is 3.52. The Morgan fingerprint density at radius 2 is 1.86 bits per heavy atom. The lowest BCUT2D eigenvalue weighted by Gasteiger charge is -2.48. The van der Waals surface area contributed by atoms with E-state index in [9.17, 15) is 29.7 Å². The number of fused-ring (bicyclic) bond motifs is 1. The quantitative estimate of drug-likeness (QED) is 0.190. The monoisotopic (exact) mass is 596 g/mol. The number of phenols is 1. The van der Waals surface area contributed by atoms with E-state index < -0.39 is 59.1 Å². The number of aliphatic hydroxyl groups is 1. The minimum absolute atomic E-state index is 0.0297. The van der Waals surface area contributed by atoms with Crippen molar-refractivity contribution in [2.75, 3.05) is 12.4 Å². The lowest BCUT2D eigenvalue weighted by molar-refractivity contribution is -0.260. The number of hydrogen-bond donors (Lipinski definition) is 5. The number of ether oxygens (including phenoxy) is 3. The summed E-state index contributed by atoms with van der Waals surface area (Å²) in [4.78, 5) is 37.3. The van der Waals surface area contributed by atoms with Crippen LogP contribution in [0.3, 0.4) is 0 Å². The first-order valence-corrected chi connectivity index (χ1v) is 13.6. The van der Waals surface area contributed by atoms with E-state index in [1.807, 2.05) is 19.9 Å². The van der Waals surface area contributed by atoms with Gasteiger partial charge in [-0.25, -0.2) is 9.59 Å². The van der Waals surface area contributed by atoms with Gasteiger partial charge in [-0.3, -0.25) is 4.79 Å². The Kier molecular flexibility index (Phi) is 9.14. The molecule has 230 valence electrons. The summed E-state index contributed by atoms with van der Waals surface area (Å²) in [6.07, 6.45) is -2.67. The van der Waals surface area contributed by atoms with Gasteiger partial charge in [-0.05, 0) is 75.6 Å². The molecular formula is C31H36N2O10. The van der Waals surface area contributed by atoms with Crippen LogP contribution in [0, 0.1) is 0 Å². The number of carbonyl (C=O) groups excluding carboxylic acids is 2. The van der Waals surface area contributed by atoms with Crippen LogP contribution in [0.25, 0.3) is 11.0 Å². The van der Waals surface area contributed by atoms with Gasteiger partial charge in [-0.2, -0.15) is 0 Å². The van der Waals surface area contributed by atoms with Crippen molar-refractivity contribution in [3.8, 4) is 11.5 Å². The summed E-state index contributed by atoms with van der Waals surface area (Å²) < 4.78 is 22.1. The molecule has 0 radical (unpaired) electrons. The van der Waals surface area contributed by atoms with Crippen molar-refractivity contribution in [2.45, 2.75) is 70.6 Å². The molecular weight excluding hydrogens is 560 g/mol. The van der Waals surface area contributed by atoms with Crippen molar-refractivity contribution in [3.05, 3.63) is 75.2 Å². The summed E-state index contributed by atoms with van der Waals surface area (Å²) >= 11 is 0. The number of carbonyl (C=O) groups is 2. The topological polar surface area (TPSA) is 191 Å². The largest absolute Gasteiger partial charge is 0.508 e. The lowest BCUT2D eigenvalue weighted by Crippen LogP contribution is -2.64. The van der Waals surface area contributed by atoms with Crippen LogP contribution in [-0.2, 0) is 27.1 Å². The van der Waals surface area contributed by atoms with Crippen molar-refractivity contribution in [1.82, 2.24) is 0 Å². The van der Waals surface area contributed by atoms with Gasteiger partial charge in [-0.15, -0.1) is 0 Å². The molecule has 1 saturated heterocycles. The number of aromatic hydroxyl groups is 2. The third-order valence-corrected chi connectivity index (χ3v) is 7.35. The van der Waals surface area contributed by atoms with E-state index in [1.165, 1.54) is 37.4 Å². The van der Waals surface area contributed by atoms with Crippen LogP contribution >= 0.6 is 0 Å². The van der Waals surface area contributed by atoms with Crippen molar-refractivity contribution in [2.24, 2.45) is 5.73 Å². The first-order valence-electron chi connectivity index (χ1n) is 13.6. The molecule has 0 saturated carbocycles. The molecule has 4 atom stereocenters. The highest BCUT2D eigenvalue weighted by Crippen LogP contribution is 2.36. The summed E-state index contributed by atoms with van der Waals surface area (Å²) in [5, 5.41) is 34.6. The Morgan fingerprint density at radius 3 is 2.51 bits per heavy atom. The van der Waals surface area contributed by atoms with Crippen molar-refractivity contribution < 1.29 is 43.5 Å². The third-order valence-electron chi connectivity index (χ3n) is 7.35. The molecule has 1 aliphatic heterocycles. The maximum absolute atomic E-state index is 13.0. The summed E-state index contributed by atoms with van der Waals surface area (Å²) in [6, 6.07) is 8.95. The second-order valence-electron chi connectivity index (χ2n) is 11.2. The van der Waals surface area contributed by atoms with Crippen molar-refractivity contribution >= 4 is 28.7 Å². The zero-order valence-electron chi connectivity index (χ0n) is 24.5. The number of anilines is 1. The van der Waals surface area contributed by atoms with E-state index in [0.29, 0.717) is 17.5 Å². The van der Waals surface area contributed by atoms with E-state index >= 15 is 0 Å². The molecule has 12 heteroatoms. The average molecular weight is 597 g/mol. The Balaban J connectivity index is 1.58. The van der Waals surface area contributed by atoms with Crippen LogP contribution in [0.15, 0.2) is 57.3 Å². The number of hydrogen-bond acceptors (Lipinski definition) is 10. The average Bonchev–Trinajstić information content (AvgIpc) is 2.92. The van der Waals surface area contributed by atoms with Gasteiger partial charge in [0.05, 0.1) is 17.1 Å². The number of benzene rings is 2. The lowest BCUT2D eigenvalue weighted by atomic mass is 9.85. The molecule has 0 spiro atoms. The molecule has 2 heterocycles. The summed E-state index contributed by atoms with van der Waals surface area (Å²) in [5.74, 6) is -1.13. The van der Waals surface area contributed by atoms with Gasteiger partial charge in [0, 0.05) is 19.1 Å². The number of amides is 2. The highest BCUT2D eigenvalue weighted by atomic mass is 16.6. The number of nitrogens with one attached hydrogen (secondary N) is 1. The number of methoxy groups -OCH3 is 1. The van der Waals surface area contributed by atoms with Crippen LogP contribution in [0.4, 0.5) is 10.5 Å². The van der Waals surface area contributed by atoms with E-state index in [-0.39, 0.29) is 28.7 Å². The smallest absolute Gasteiger partial charge is 0.404 e. The predicted molar refractivity (Wildman–Crippen MR) is 157 cm³/mol. The van der Waals surface area contributed by atoms with Crippen molar-refractivity contribution in [3.63, 3.8) is 0 Å². The summed E-state index contributed by atoms with van der Waals surface area (Å²) in [5.41, 5.74) is 5.20. The molecule has 4 rings (SSSR count). The van der Waals surface area contributed by atoms with Gasteiger partial charge in [-0.1, -0.05) is 17.7 Å². The minimum Gasteiger partial charge on any atom is -0.508 e. The van der Waals surface area contributed by atoms with E-state index in [0.717, 1.165) is 5.57 Å². The Labute approximate surface area is 247 Å². The van der Waals surface area contributed by atoms with Crippen molar-refractivity contribution in [1.29, 1.82) is 0 Å². The Morgan fingerprint density at radius 1 is 1.14 bits per heavy atom. The zero-order valence-corrected chi connectivity index (χ0v) is 24.5. The fraction of sp³-hybridized carbons (Fsp3) is 0.387. The molecule has 0 aliphatic carbocycles. The number of nitrogens with two attached hydrogens (primary N) is 1. The molecule has 1 fully saturated rings. The number of aliphatic hydroxyl groups excluding tert-OH is 1. The number of allylic oxidation sites excluding steroid dienone is 2. The van der Waals surface area contributed by atoms with Gasteiger partial charge in [0.1, 0.15) is 23.5 Å². The van der Waals surface area contributed by atoms with E-state index in [1.54, 1.807) is 19.9 Å². The molecule has 1 unspecified atom stereocenters. The molecule has 2 amide bonds. The first-order chi connectivity index (χ1) is 20.2. The summed E-state index contributed by atoms with van der Waals surface area (Å²) in [7, 11) is 1.41. The Bertz CT molecular complexity index is 1620. The molecule has 0 bridgehead atoms. The molecule has 43 heavy (non-hydrogen) atoms. The van der Waals surface area contributed by atoms with E-state index in [2.05, 4.69) is 5.32 Å². The van der Waals surface area contributed by atoms with Gasteiger partial charge in [0.15, 0.2) is 17.5 Å². The number of rotatable bonds is 8. The zero-order chi connectivity index (χ0) is 31.6. The SMILES string of the molecule is CO[C@@H]1C(OC(N)=O)[C@H](O)[C@H](Cc2ccc3c(O)c(NC(=O)c4ccc(O)c(CC=C(C)C)c4)c(=O)oc3c2)OC1(C)C. The van der Waals surface area contributed by atoms with E-state index in [4.69, 9.17) is 24.4 Å². The minimum atomic E-state index is -1.29. The normalized spacial score (nSPS) is 21.3. The summed E-state index contributed by atoms with van der Waals surface area (Å²) in [6.45, 7) is 7.29. The van der Waals surface area contributed by atoms with Gasteiger partial charge in [0.25, 0.3) is 5.91 Å². The second-order valence-corrected chi connectivity index (χ2v) is 11.2. The standard InChI is InChI=1S/C31H36N2O10/c1-15(2)6-8-17-14-18(9-11-20(17)34)28(37)33-23-24(35)19-10-7-16(12-21(19)41-29(23)38)13-22-25(36)26(42-30(32)39)27(40-5)31(3,4)43-22/h6-7,9-12,14,22,25-27,34-36H,8,13H2,1-5H3,(H2,32,39)(H,33,37)/t22-,25+,26?,27+/m0/s1. The Hall–Kier alpha value is -4.39. The third kappa shape index (κ3) is 6.82. The van der Waals surface area contributed by atoms with Crippen LogP contribution in [0.2, 0.25) is 0 Å². The molecule has 3 aromatic rings. The second kappa shape index (κ2) is 12.5. The van der Waals surface area contributed by atoms with Gasteiger partial charge in [0.2, 0.25) is 0 Å². The highest BCUT2D eigenvalue weighted by molar-refractivity contribution is 6.06. The first kappa shape index (κ1) is 31.5. The van der Waals surface area contributed by atoms with Gasteiger partial charge < -0.3 is 45.0 Å². The van der Waals surface area contributed by atoms with Crippen LogP contribution in [0.5, 0.6) is 11.5 Å².